The van der Waals surface area contributed by atoms with Crippen molar-refractivity contribution in [2.24, 2.45) is 10.9 Å². The number of nitrogens with one attached hydrogen (secondary N) is 1. The largest absolute Gasteiger partial charge is 0.484 e. The number of aliphatic hydroxyl groups excluding tert-OH is 1. The molecule has 0 saturated heterocycles. The highest BCUT2D eigenvalue weighted by molar-refractivity contribution is 6.02. The number of rotatable bonds is 13. The van der Waals surface area contributed by atoms with Gasteiger partial charge in [0.05, 0.1) is 5.69 Å². The van der Waals surface area contributed by atoms with Crippen LogP contribution >= 0.6 is 0 Å². The van der Waals surface area contributed by atoms with Crippen LogP contribution in [0.15, 0.2) is 83.9 Å². The van der Waals surface area contributed by atoms with Crippen molar-refractivity contribution in [3.63, 3.8) is 0 Å². The lowest BCUT2D eigenvalue weighted by Gasteiger charge is -2.39. The third kappa shape index (κ3) is 7.28. The summed E-state index contributed by atoms with van der Waals surface area (Å²) in [5.41, 5.74) is 4.65. The van der Waals surface area contributed by atoms with Crippen LogP contribution < -0.4 is 15.0 Å². The molecule has 1 aliphatic heterocycles. The van der Waals surface area contributed by atoms with Crippen molar-refractivity contribution in [3.05, 3.63) is 95.6 Å². The van der Waals surface area contributed by atoms with Gasteiger partial charge in [0, 0.05) is 19.6 Å². The highest BCUT2D eigenvalue weighted by Gasteiger charge is 2.31. The molecule has 0 radical (unpaired) electrons. The van der Waals surface area contributed by atoms with Crippen LogP contribution in [-0.4, -0.2) is 37.2 Å². The predicted octanol–water partition coefficient (Wildman–Crippen LogP) is 7.13. The van der Waals surface area contributed by atoms with Crippen molar-refractivity contribution >= 4 is 11.5 Å². The minimum Gasteiger partial charge on any atom is -0.484 e. The van der Waals surface area contributed by atoms with Crippen LogP contribution in [0.25, 0.3) is 0 Å². The Labute approximate surface area is 234 Å². The van der Waals surface area contributed by atoms with Gasteiger partial charge in [-0.15, -0.1) is 0 Å². The lowest BCUT2D eigenvalue weighted by atomic mass is 9.83. The molecule has 4 atom stereocenters. The van der Waals surface area contributed by atoms with Crippen molar-refractivity contribution in [1.29, 1.82) is 0 Å². The molecule has 0 spiro atoms. The van der Waals surface area contributed by atoms with Crippen LogP contribution in [0.3, 0.4) is 0 Å². The van der Waals surface area contributed by atoms with Gasteiger partial charge in [0.2, 0.25) is 0 Å². The minimum atomic E-state index is -0.672. The zero-order valence-corrected chi connectivity index (χ0v) is 24.0. The van der Waals surface area contributed by atoms with Gasteiger partial charge < -0.3 is 14.7 Å². The first kappa shape index (κ1) is 28.8. The Morgan fingerprint density at radius 3 is 2.33 bits per heavy atom. The number of hydrogen-bond donors (Lipinski definition) is 2. The van der Waals surface area contributed by atoms with Crippen molar-refractivity contribution in [1.82, 2.24) is 5.32 Å². The third-order valence-electron chi connectivity index (χ3n) is 8.18. The van der Waals surface area contributed by atoms with E-state index in [1.54, 1.807) is 0 Å². The van der Waals surface area contributed by atoms with Gasteiger partial charge >= 0.3 is 0 Å². The van der Waals surface area contributed by atoms with E-state index in [1.807, 2.05) is 31.3 Å². The average Bonchev–Trinajstić information content (AvgIpc) is 2.98. The second kappa shape index (κ2) is 14.3. The Morgan fingerprint density at radius 1 is 0.897 bits per heavy atom. The summed E-state index contributed by atoms with van der Waals surface area (Å²) >= 11 is 0. The molecule has 208 valence electrons. The number of ether oxygens (including phenoxy) is 1. The summed E-state index contributed by atoms with van der Waals surface area (Å²) in [7, 11) is 1.85. The number of fused-ring (bicyclic) bond motifs is 1. The Kier molecular flexibility index (Phi) is 10.6. The number of hydrogen-bond acceptors (Lipinski definition) is 4. The van der Waals surface area contributed by atoms with Crippen LogP contribution in [0.4, 0.5) is 5.69 Å². The number of benzene rings is 3. The zero-order valence-electron chi connectivity index (χ0n) is 24.0. The highest BCUT2D eigenvalue weighted by atomic mass is 16.5. The van der Waals surface area contributed by atoms with Crippen LogP contribution in [0, 0.1) is 5.92 Å². The number of aliphatic hydroxyl groups is 1. The fourth-order valence-electron chi connectivity index (χ4n) is 5.76. The molecule has 5 nitrogen and oxygen atoms in total. The van der Waals surface area contributed by atoms with E-state index in [0.29, 0.717) is 18.4 Å². The summed E-state index contributed by atoms with van der Waals surface area (Å²) in [5.74, 6) is 2.76. The lowest BCUT2D eigenvalue weighted by Crippen LogP contribution is -2.47. The lowest BCUT2D eigenvalue weighted by molar-refractivity contribution is 0.138. The van der Waals surface area contributed by atoms with Gasteiger partial charge in [0.15, 0.2) is 0 Å². The maximum atomic E-state index is 11.1. The monoisotopic (exact) mass is 527 g/mol. The Hall–Kier alpha value is -3.15. The van der Waals surface area contributed by atoms with Crippen molar-refractivity contribution < 1.29 is 9.84 Å². The van der Waals surface area contributed by atoms with E-state index in [-0.39, 0.29) is 6.04 Å². The van der Waals surface area contributed by atoms with Crippen LogP contribution in [0.1, 0.15) is 75.3 Å². The van der Waals surface area contributed by atoms with E-state index < -0.39 is 6.23 Å². The second-order valence-corrected chi connectivity index (χ2v) is 10.8. The molecule has 4 rings (SSSR count). The first-order valence-electron chi connectivity index (χ1n) is 14.5. The topological polar surface area (TPSA) is 57.1 Å². The van der Waals surface area contributed by atoms with Gasteiger partial charge in [0.1, 0.15) is 24.4 Å². The van der Waals surface area contributed by atoms with E-state index in [2.05, 4.69) is 90.6 Å². The maximum Gasteiger partial charge on any atom is 0.146 e. The fraction of sp³-hybridized carbons (Fsp3) is 0.441. The molecule has 4 unspecified atom stereocenters. The van der Waals surface area contributed by atoms with Gasteiger partial charge in [-0.2, -0.15) is 0 Å². The second-order valence-electron chi connectivity index (χ2n) is 10.8. The number of amidine groups is 1. The standard InChI is InChI=1S/C34H45N3O2/c1-5-13-28(29-16-9-10-17-30(29)34(38)36-23-22-27-14-7-6-8-15-27)21-20-25(2)26(3)37-31-18-11-12-19-32(31)39-24-33(37)35-4/h6-12,14-19,25-26,28,34,36,38H,5,13,20-24H2,1-4H3. The van der Waals surface area contributed by atoms with E-state index in [0.717, 1.165) is 61.5 Å². The van der Waals surface area contributed by atoms with Crippen LogP contribution in [-0.2, 0) is 6.42 Å². The average molecular weight is 528 g/mol. The SMILES string of the molecule is CCCC(CCC(C)C(C)N1C(=NC)COc2ccccc21)c1ccccc1C(O)NCCc1ccccc1. The van der Waals surface area contributed by atoms with Crippen LogP contribution in [0.2, 0.25) is 0 Å². The normalized spacial score (nSPS) is 17.3. The predicted molar refractivity (Wildman–Crippen MR) is 163 cm³/mol. The molecule has 1 heterocycles. The Morgan fingerprint density at radius 2 is 1.59 bits per heavy atom. The highest BCUT2D eigenvalue weighted by Crippen LogP contribution is 2.37. The van der Waals surface area contributed by atoms with Gasteiger partial charge in [-0.3, -0.25) is 10.3 Å². The molecular weight excluding hydrogens is 482 g/mol. The quantitative estimate of drug-likeness (QED) is 0.232. The van der Waals surface area contributed by atoms with Gasteiger partial charge in [0.25, 0.3) is 0 Å². The molecule has 39 heavy (non-hydrogen) atoms. The molecule has 3 aromatic rings. The van der Waals surface area contributed by atoms with Gasteiger partial charge in [-0.25, -0.2) is 0 Å². The van der Waals surface area contributed by atoms with Gasteiger partial charge in [-0.1, -0.05) is 87.0 Å². The summed E-state index contributed by atoms with van der Waals surface area (Å²) < 4.78 is 5.96. The molecular formula is C34H45N3O2. The van der Waals surface area contributed by atoms with E-state index in [9.17, 15) is 5.11 Å². The first-order valence-corrected chi connectivity index (χ1v) is 14.5. The third-order valence-corrected chi connectivity index (χ3v) is 8.18. The summed E-state index contributed by atoms with van der Waals surface area (Å²) in [6.45, 7) is 8.15. The van der Waals surface area contributed by atoms with Crippen molar-refractivity contribution in [2.75, 3.05) is 25.1 Å². The summed E-state index contributed by atoms with van der Waals surface area (Å²) in [5, 5.41) is 14.5. The van der Waals surface area contributed by atoms with Gasteiger partial charge in [-0.05, 0) is 73.3 Å². The molecule has 0 saturated carbocycles. The van der Waals surface area contributed by atoms with E-state index in [1.165, 1.54) is 11.1 Å². The van der Waals surface area contributed by atoms with E-state index in [4.69, 9.17) is 4.74 Å². The van der Waals surface area contributed by atoms with Crippen LogP contribution in [0.5, 0.6) is 5.75 Å². The number of nitrogens with zero attached hydrogens (tertiary/aromatic N) is 2. The number of para-hydroxylation sites is 2. The molecule has 2 N–H and O–H groups in total. The smallest absolute Gasteiger partial charge is 0.146 e. The zero-order chi connectivity index (χ0) is 27.6. The number of anilines is 1. The first-order chi connectivity index (χ1) is 19.0. The summed E-state index contributed by atoms with van der Waals surface area (Å²) in [6, 6.07) is 27.4. The summed E-state index contributed by atoms with van der Waals surface area (Å²) in [4.78, 5) is 6.93. The molecule has 0 bridgehead atoms. The molecule has 0 amide bonds. The molecule has 5 heteroatoms. The molecule has 1 aliphatic rings. The Balaban J connectivity index is 1.43. The summed E-state index contributed by atoms with van der Waals surface area (Å²) in [6.07, 6.45) is 4.61. The molecule has 0 aliphatic carbocycles. The molecule has 0 aromatic heterocycles. The fourth-order valence-corrected chi connectivity index (χ4v) is 5.76. The Bertz CT molecular complexity index is 1200. The molecule has 3 aromatic carbocycles. The van der Waals surface area contributed by atoms with E-state index >= 15 is 0 Å². The number of aliphatic imine (C=N–C) groups is 1. The van der Waals surface area contributed by atoms with Crippen molar-refractivity contribution in [3.8, 4) is 5.75 Å². The maximum absolute atomic E-state index is 11.1. The molecule has 0 fully saturated rings. The minimum absolute atomic E-state index is 0.288. The van der Waals surface area contributed by atoms with Crippen molar-refractivity contribution in [2.45, 2.75) is 71.1 Å².